The fourth-order valence-corrected chi connectivity index (χ4v) is 9.70. The highest BCUT2D eigenvalue weighted by atomic mass is 16.5. The fourth-order valence-electron chi connectivity index (χ4n) is 9.70. The second-order valence-electron chi connectivity index (χ2n) is 19.0. The van der Waals surface area contributed by atoms with Gasteiger partial charge in [-0.15, -0.1) is 0 Å². The number of aryl methyl sites for hydroxylation is 1. The SMILES string of the molecule is CN1C(=O)COc2ccc(cc2)C[C@@H](C(=O)N[C@H](CCc2ccccc2)C(=O)O)CC(=O)[C@H](Cc2c[nH]c3ccccc23)NC(=O)[C@@H](Cc2ccc(-c3ccccc3)cc2)NC(=O)[C@@H]1Cc1c[nH]c2ccccc12. The van der Waals surface area contributed by atoms with Gasteiger partial charge < -0.3 is 40.7 Å². The zero-order chi connectivity index (χ0) is 51.6. The number of Topliss-reactive ketones (excluding diaryl/α,β-unsaturated/α-hetero) is 1. The number of nitrogens with one attached hydrogen (secondary N) is 5. The summed E-state index contributed by atoms with van der Waals surface area (Å²) >= 11 is 0. The molecule has 8 aromatic rings. The first-order valence-electron chi connectivity index (χ1n) is 24.9. The van der Waals surface area contributed by atoms with E-state index in [0.29, 0.717) is 17.7 Å². The van der Waals surface area contributed by atoms with Gasteiger partial charge in [-0.2, -0.15) is 0 Å². The van der Waals surface area contributed by atoms with Crippen molar-refractivity contribution in [3.8, 4) is 16.9 Å². The van der Waals surface area contributed by atoms with Crippen molar-refractivity contribution >= 4 is 57.2 Å². The lowest BCUT2D eigenvalue weighted by Crippen LogP contribution is -2.57. The molecule has 0 spiro atoms. The van der Waals surface area contributed by atoms with Gasteiger partial charge in [-0.25, -0.2) is 4.79 Å². The van der Waals surface area contributed by atoms with E-state index >= 15 is 9.59 Å². The molecule has 0 unspecified atom stereocenters. The molecule has 2 aromatic heterocycles. The average Bonchev–Trinajstić information content (AvgIpc) is 4.04. The van der Waals surface area contributed by atoms with Gasteiger partial charge in [0.25, 0.3) is 5.91 Å². The van der Waals surface area contributed by atoms with Gasteiger partial charge in [0, 0.05) is 72.8 Å². The van der Waals surface area contributed by atoms with Crippen molar-refractivity contribution in [3.63, 3.8) is 0 Å². The molecule has 0 saturated carbocycles. The third-order valence-electron chi connectivity index (χ3n) is 14.0. The Labute approximate surface area is 428 Å². The number of carbonyl (C=O) groups is 6. The lowest BCUT2D eigenvalue weighted by atomic mass is 9.89. The first-order chi connectivity index (χ1) is 35.9. The topological polar surface area (TPSA) is 203 Å². The number of amides is 4. The third-order valence-corrected chi connectivity index (χ3v) is 14.0. The number of benzene rings is 6. The smallest absolute Gasteiger partial charge is 0.326 e. The van der Waals surface area contributed by atoms with Gasteiger partial charge in [-0.3, -0.25) is 24.0 Å². The Kier molecular flexibility index (Phi) is 15.7. The molecule has 14 nitrogen and oxygen atoms in total. The molecule has 376 valence electrons. The van der Waals surface area contributed by atoms with E-state index in [1.54, 1.807) is 30.5 Å². The van der Waals surface area contributed by atoms with E-state index in [2.05, 4.69) is 25.9 Å². The normalized spacial score (nSPS) is 18.4. The number of likely N-dealkylation sites (N-methyl/N-ethyl adjacent to an activating group) is 1. The highest BCUT2D eigenvalue weighted by Crippen LogP contribution is 2.26. The number of carboxylic acids is 1. The van der Waals surface area contributed by atoms with E-state index in [1.807, 2.05) is 140 Å². The van der Waals surface area contributed by atoms with Crippen molar-refractivity contribution in [3.05, 3.63) is 198 Å². The summed E-state index contributed by atoms with van der Waals surface area (Å²) in [6.07, 6.45) is 3.88. The van der Waals surface area contributed by atoms with Gasteiger partial charge in [0.05, 0.1) is 6.04 Å². The Balaban J connectivity index is 1.08. The van der Waals surface area contributed by atoms with Crippen molar-refractivity contribution in [2.45, 2.75) is 69.1 Å². The van der Waals surface area contributed by atoms with E-state index in [-0.39, 0.29) is 38.5 Å². The number of H-pyrrole nitrogens is 2. The molecule has 14 heteroatoms. The molecule has 4 heterocycles. The van der Waals surface area contributed by atoms with Crippen molar-refractivity contribution in [2.75, 3.05) is 13.7 Å². The summed E-state index contributed by atoms with van der Waals surface area (Å²) in [6.45, 7) is -0.417. The van der Waals surface area contributed by atoms with Crippen LogP contribution in [0.2, 0.25) is 0 Å². The van der Waals surface area contributed by atoms with E-state index in [0.717, 1.165) is 55.2 Å². The van der Waals surface area contributed by atoms with Gasteiger partial charge >= 0.3 is 5.97 Å². The molecule has 0 fully saturated rings. The zero-order valence-electron chi connectivity index (χ0n) is 41.0. The first-order valence-corrected chi connectivity index (χ1v) is 24.9. The van der Waals surface area contributed by atoms with Crippen LogP contribution in [0.3, 0.4) is 0 Å². The summed E-state index contributed by atoms with van der Waals surface area (Å²) < 4.78 is 5.99. The number of aromatic nitrogens is 2. The van der Waals surface area contributed by atoms with Crippen molar-refractivity contribution in [1.29, 1.82) is 0 Å². The summed E-state index contributed by atoms with van der Waals surface area (Å²) in [5.41, 5.74) is 7.41. The Morgan fingerprint density at radius 1 is 0.635 bits per heavy atom. The van der Waals surface area contributed by atoms with E-state index in [9.17, 15) is 24.3 Å². The minimum Gasteiger partial charge on any atom is -0.484 e. The maximum Gasteiger partial charge on any atom is 0.326 e. The van der Waals surface area contributed by atoms with Crippen LogP contribution in [-0.4, -0.2) is 93.2 Å². The van der Waals surface area contributed by atoms with E-state index < -0.39 is 72.1 Å². The summed E-state index contributed by atoms with van der Waals surface area (Å²) in [5, 5.41) is 20.8. The maximum atomic E-state index is 15.2. The molecule has 0 saturated heterocycles. The molecule has 0 aliphatic carbocycles. The maximum absolute atomic E-state index is 15.2. The van der Waals surface area contributed by atoms with Crippen LogP contribution in [0.1, 0.15) is 40.7 Å². The number of hydrogen-bond acceptors (Lipinski definition) is 7. The zero-order valence-corrected chi connectivity index (χ0v) is 41.0. The Morgan fingerprint density at radius 3 is 1.86 bits per heavy atom. The number of aromatic amines is 2. The van der Waals surface area contributed by atoms with Crippen molar-refractivity contribution < 1.29 is 38.6 Å². The number of nitrogens with zero attached hydrogens (tertiary/aromatic N) is 1. The Morgan fingerprint density at radius 2 is 1.22 bits per heavy atom. The lowest BCUT2D eigenvalue weighted by molar-refractivity contribution is -0.143. The summed E-state index contributed by atoms with van der Waals surface area (Å²) in [7, 11) is 1.53. The molecule has 10 rings (SSSR count). The number of carboxylic acid groups (broad SMARTS) is 1. The van der Waals surface area contributed by atoms with Gasteiger partial charge in [0.1, 0.15) is 23.9 Å². The second-order valence-corrected chi connectivity index (χ2v) is 19.0. The number of ether oxygens (including phenoxy) is 1. The third kappa shape index (κ3) is 12.3. The highest BCUT2D eigenvalue weighted by molar-refractivity contribution is 5.97. The van der Waals surface area contributed by atoms with Gasteiger partial charge in [-0.1, -0.05) is 133 Å². The largest absolute Gasteiger partial charge is 0.484 e. The van der Waals surface area contributed by atoms with Crippen LogP contribution < -0.4 is 20.7 Å². The molecule has 4 amide bonds. The summed E-state index contributed by atoms with van der Waals surface area (Å²) in [5.74, 6) is -4.81. The monoisotopic (exact) mass is 990 g/mol. The number of fused-ring (bicyclic) bond motifs is 18. The van der Waals surface area contributed by atoms with Crippen LogP contribution in [0.4, 0.5) is 0 Å². The van der Waals surface area contributed by atoms with Crippen LogP contribution in [-0.2, 0) is 60.9 Å². The standard InChI is InChI=1S/C60H58N6O8/c1-66-54(33-45-36-62-50-19-11-9-17-48(45)50)59(71)65-53(31-40-20-25-42(26-21-40)41-14-6-3-7-15-41)58(70)64-52(32-44-35-61-49-18-10-8-16-47(44)49)55(67)34-43(30-39-22-27-46(28-23-39)74-37-56(66)68)57(69)63-51(60(72)73)29-24-38-12-4-2-5-13-38/h2-23,25-28,35-36,43,51-54,61-62H,24,29-34,37H2,1H3,(H,63,69)(H,64,70)(H,65,71)(H,72,73)/t43-,51-,52+,53-,54+/m1/s1. The lowest BCUT2D eigenvalue weighted by Gasteiger charge is -2.30. The molecule has 6 N–H and O–H groups in total. The Hall–Kier alpha value is -8.78. The fraction of sp³-hybridized carbons (Fsp3) is 0.233. The molecular formula is C60H58N6O8. The van der Waals surface area contributed by atoms with E-state index in [1.165, 1.54) is 11.9 Å². The molecule has 2 bridgehead atoms. The van der Waals surface area contributed by atoms with Crippen LogP contribution in [0, 0.1) is 5.92 Å². The molecule has 74 heavy (non-hydrogen) atoms. The first kappa shape index (κ1) is 50.2. The quantitative estimate of drug-likeness (QED) is 0.0636. The summed E-state index contributed by atoms with van der Waals surface area (Å²) in [4.78, 5) is 94.3. The molecular weight excluding hydrogens is 933 g/mol. The molecule has 0 radical (unpaired) electrons. The van der Waals surface area contributed by atoms with Crippen LogP contribution >= 0.6 is 0 Å². The number of aliphatic carboxylic acids is 1. The molecule has 6 aromatic carbocycles. The number of carbonyl (C=O) groups excluding carboxylic acids is 5. The number of hydrogen-bond donors (Lipinski definition) is 6. The van der Waals surface area contributed by atoms with Crippen molar-refractivity contribution in [1.82, 2.24) is 30.8 Å². The predicted molar refractivity (Wildman–Crippen MR) is 283 cm³/mol. The van der Waals surface area contributed by atoms with Crippen LogP contribution in [0.25, 0.3) is 32.9 Å². The molecule has 5 atom stereocenters. The molecule has 2 aliphatic rings. The van der Waals surface area contributed by atoms with E-state index in [4.69, 9.17) is 4.74 Å². The number of para-hydroxylation sites is 2. The minimum absolute atomic E-state index is 0.0137. The van der Waals surface area contributed by atoms with Crippen molar-refractivity contribution in [2.24, 2.45) is 5.92 Å². The van der Waals surface area contributed by atoms with Gasteiger partial charge in [-0.05, 0) is 82.5 Å². The predicted octanol–water partition coefficient (Wildman–Crippen LogP) is 7.55. The van der Waals surface area contributed by atoms with Crippen LogP contribution in [0.5, 0.6) is 5.75 Å². The average molecular weight is 991 g/mol. The molecule has 2 aliphatic heterocycles. The minimum atomic E-state index is -1.26. The van der Waals surface area contributed by atoms with Crippen LogP contribution in [0.15, 0.2) is 170 Å². The number of ketones is 1. The second kappa shape index (κ2) is 23.2. The highest BCUT2D eigenvalue weighted by Gasteiger charge is 2.35. The van der Waals surface area contributed by atoms with Gasteiger partial charge in [0.15, 0.2) is 12.4 Å². The van der Waals surface area contributed by atoms with Gasteiger partial charge in [0.2, 0.25) is 17.7 Å². The summed E-state index contributed by atoms with van der Waals surface area (Å²) in [6, 6.07) is 44.0. The number of rotatable bonds is 13. The Bertz CT molecular complexity index is 3260.